The highest BCUT2D eigenvalue weighted by Gasteiger charge is 2.30. The van der Waals surface area contributed by atoms with E-state index >= 15 is 0 Å². The lowest BCUT2D eigenvalue weighted by Crippen LogP contribution is -2.15. The average molecular weight is 392 g/mol. The minimum Gasteiger partial charge on any atom is -0.437 e. The zero-order valence-corrected chi connectivity index (χ0v) is 15.2. The summed E-state index contributed by atoms with van der Waals surface area (Å²) >= 11 is 6.02. The van der Waals surface area contributed by atoms with E-state index in [-0.39, 0.29) is 5.92 Å². The molecule has 3 N–H and O–H groups in total. The number of aromatic nitrogens is 2. The topological polar surface area (TPSA) is 94.1 Å². The molecule has 5 rings (SSSR count). The predicted octanol–water partition coefficient (Wildman–Crippen LogP) is 4.32. The zero-order chi connectivity index (χ0) is 19.3. The minimum absolute atomic E-state index is 0.249. The van der Waals surface area contributed by atoms with Gasteiger partial charge in [-0.3, -0.25) is 5.10 Å². The number of anilines is 1. The fourth-order valence-corrected chi connectivity index (χ4v) is 3.54. The molecule has 1 unspecified atom stereocenters. The Kier molecular flexibility index (Phi) is 3.74. The van der Waals surface area contributed by atoms with E-state index in [0.717, 1.165) is 16.5 Å². The highest BCUT2D eigenvalue weighted by atomic mass is 35.5. The standard InChI is InChI=1S/C21H14ClN3O3/c22-13-7-5-11(6-8-13)14-10-17(27-20-18(14)19(23)24-25-20)15-9-12-3-1-2-4-16(12)28-21(15)26/h1-10,14H,(H3,23,24,25). The predicted molar refractivity (Wildman–Crippen MR) is 107 cm³/mol. The Morgan fingerprint density at radius 1 is 1.11 bits per heavy atom. The Morgan fingerprint density at radius 2 is 1.89 bits per heavy atom. The summed E-state index contributed by atoms with van der Waals surface area (Å²) in [4.78, 5) is 12.6. The molecule has 0 spiro atoms. The van der Waals surface area contributed by atoms with E-state index in [0.29, 0.717) is 33.6 Å². The second-order valence-electron chi connectivity index (χ2n) is 6.50. The number of para-hydroxylation sites is 1. The van der Waals surface area contributed by atoms with Crippen LogP contribution < -0.4 is 16.1 Å². The molecule has 7 heteroatoms. The van der Waals surface area contributed by atoms with Crippen LogP contribution in [0, 0.1) is 0 Å². The van der Waals surface area contributed by atoms with Crippen LogP contribution in [0.4, 0.5) is 5.82 Å². The molecule has 1 aliphatic rings. The van der Waals surface area contributed by atoms with Gasteiger partial charge in [0.15, 0.2) is 0 Å². The fourth-order valence-electron chi connectivity index (χ4n) is 3.41. The minimum atomic E-state index is -0.480. The normalized spacial score (nSPS) is 15.8. The maximum Gasteiger partial charge on any atom is 0.347 e. The highest BCUT2D eigenvalue weighted by molar-refractivity contribution is 6.30. The zero-order valence-electron chi connectivity index (χ0n) is 14.5. The van der Waals surface area contributed by atoms with E-state index in [1.807, 2.05) is 36.4 Å². The van der Waals surface area contributed by atoms with Gasteiger partial charge >= 0.3 is 5.63 Å². The Balaban J connectivity index is 1.69. The first-order chi connectivity index (χ1) is 13.6. The van der Waals surface area contributed by atoms with Crippen molar-refractivity contribution in [3.05, 3.63) is 92.8 Å². The van der Waals surface area contributed by atoms with Crippen molar-refractivity contribution in [2.45, 2.75) is 5.92 Å². The van der Waals surface area contributed by atoms with Crippen molar-refractivity contribution in [3.8, 4) is 5.88 Å². The van der Waals surface area contributed by atoms with Crippen LogP contribution in [0.15, 0.2) is 69.9 Å². The van der Waals surface area contributed by atoms with E-state index in [4.69, 9.17) is 26.5 Å². The van der Waals surface area contributed by atoms with Crippen LogP contribution in [-0.2, 0) is 0 Å². The molecule has 0 saturated carbocycles. The van der Waals surface area contributed by atoms with Crippen molar-refractivity contribution in [1.82, 2.24) is 10.2 Å². The van der Waals surface area contributed by atoms with Gasteiger partial charge in [-0.15, -0.1) is 5.10 Å². The first-order valence-corrected chi connectivity index (χ1v) is 9.00. The van der Waals surface area contributed by atoms with Gasteiger partial charge in [-0.25, -0.2) is 4.79 Å². The number of allylic oxidation sites excluding steroid dienone is 1. The van der Waals surface area contributed by atoms with Gasteiger partial charge in [-0.1, -0.05) is 41.9 Å². The number of nitrogen functional groups attached to an aromatic ring is 1. The van der Waals surface area contributed by atoms with E-state index in [1.165, 1.54) is 0 Å². The highest BCUT2D eigenvalue weighted by Crippen LogP contribution is 2.42. The second kappa shape index (κ2) is 6.28. The third-order valence-corrected chi connectivity index (χ3v) is 5.02. The molecule has 2 aromatic carbocycles. The Bertz CT molecular complexity index is 1290. The summed E-state index contributed by atoms with van der Waals surface area (Å²) in [6.45, 7) is 0. The van der Waals surface area contributed by atoms with Crippen LogP contribution in [0.3, 0.4) is 0 Å². The summed E-state index contributed by atoms with van der Waals surface area (Å²) in [5, 5.41) is 8.33. The molecule has 28 heavy (non-hydrogen) atoms. The molecule has 6 nitrogen and oxygen atoms in total. The lowest BCUT2D eigenvalue weighted by Gasteiger charge is -2.22. The summed E-state index contributed by atoms with van der Waals surface area (Å²) in [6, 6.07) is 16.5. The molecule has 3 heterocycles. The number of nitrogens with one attached hydrogen (secondary N) is 1. The van der Waals surface area contributed by atoms with Crippen LogP contribution in [0.2, 0.25) is 5.02 Å². The Hall–Kier alpha value is -3.51. The summed E-state index contributed by atoms with van der Waals surface area (Å²) in [6.07, 6.45) is 1.85. The largest absolute Gasteiger partial charge is 0.437 e. The molecule has 138 valence electrons. The molecule has 0 amide bonds. The SMILES string of the molecule is Nc1[nH]nc2c1C(c1ccc(Cl)cc1)C=C(c1cc3ccccc3oc1=O)O2. The monoisotopic (exact) mass is 391 g/mol. The number of fused-ring (bicyclic) bond motifs is 2. The van der Waals surface area contributed by atoms with Gasteiger partial charge in [0.1, 0.15) is 22.7 Å². The Labute approximate surface area is 164 Å². The van der Waals surface area contributed by atoms with Crippen molar-refractivity contribution < 1.29 is 9.15 Å². The first-order valence-electron chi connectivity index (χ1n) is 8.62. The van der Waals surface area contributed by atoms with E-state index in [2.05, 4.69) is 10.2 Å². The maximum absolute atomic E-state index is 12.6. The molecule has 0 saturated heterocycles. The molecule has 1 atom stereocenters. The number of nitrogens with zero attached hydrogens (tertiary/aromatic N) is 1. The summed E-state index contributed by atoms with van der Waals surface area (Å²) in [5.41, 5.74) is 8.11. The van der Waals surface area contributed by atoms with Crippen LogP contribution >= 0.6 is 11.6 Å². The van der Waals surface area contributed by atoms with Crippen molar-refractivity contribution in [1.29, 1.82) is 0 Å². The molecule has 0 radical (unpaired) electrons. The molecule has 1 aliphatic heterocycles. The smallest absolute Gasteiger partial charge is 0.347 e. The van der Waals surface area contributed by atoms with Crippen molar-refractivity contribution in [2.75, 3.05) is 5.73 Å². The van der Waals surface area contributed by atoms with E-state index < -0.39 is 5.63 Å². The number of benzene rings is 2. The number of hydrogen-bond donors (Lipinski definition) is 2. The van der Waals surface area contributed by atoms with Crippen LogP contribution in [0.5, 0.6) is 5.88 Å². The summed E-state index contributed by atoms with van der Waals surface area (Å²) in [7, 11) is 0. The molecular weight excluding hydrogens is 378 g/mol. The molecule has 0 aliphatic carbocycles. The molecule has 0 bridgehead atoms. The van der Waals surface area contributed by atoms with E-state index in [9.17, 15) is 4.79 Å². The van der Waals surface area contributed by atoms with Crippen molar-refractivity contribution >= 4 is 34.1 Å². The summed E-state index contributed by atoms with van der Waals surface area (Å²) in [5.74, 6) is 0.873. The van der Waals surface area contributed by atoms with Gasteiger partial charge in [-0.2, -0.15) is 0 Å². The van der Waals surface area contributed by atoms with Crippen molar-refractivity contribution in [3.63, 3.8) is 0 Å². The third-order valence-electron chi connectivity index (χ3n) is 4.77. The molecule has 4 aromatic rings. The molecule has 0 fully saturated rings. The van der Waals surface area contributed by atoms with Gasteiger partial charge in [0.25, 0.3) is 0 Å². The lowest BCUT2D eigenvalue weighted by atomic mass is 9.89. The van der Waals surface area contributed by atoms with Crippen LogP contribution in [0.1, 0.15) is 22.6 Å². The number of aromatic amines is 1. The average Bonchev–Trinajstić information content (AvgIpc) is 3.08. The fraction of sp³-hybridized carbons (Fsp3) is 0.0476. The number of H-pyrrole nitrogens is 1. The van der Waals surface area contributed by atoms with Gasteiger partial charge in [0, 0.05) is 16.3 Å². The number of halogens is 1. The lowest BCUT2D eigenvalue weighted by molar-refractivity contribution is 0.465. The van der Waals surface area contributed by atoms with E-state index in [1.54, 1.807) is 24.3 Å². The van der Waals surface area contributed by atoms with Crippen LogP contribution in [-0.4, -0.2) is 10.2 Å². The summed E-state index contributed by atoms with van der Waals surface area (Å²) < 4.78 is 11.3. The maximum atomic E-state index is 12.6. The van der Waals surface area contributed by atoms with Gasteiger partial charge in [0.05, 0.1) is 5.56 Å². The van der Waals surface area contributed by atoms with Gasteiger partial charge in [0.2, 0.25) is 5.88 Å². The Morgan fingerprint density at radius 3 is 2.71 bits per heavy atom. The van der Waals surface area contributed by atoms with Gasteiger partial charge in [-0.05, 0) is 35.9 Å². The quantitative estimate of drug-likeness (QED) is 0.496. The van der Waals surface area contributed by atoms with Crippen LogP contribution in [0.25, 0.3) is 16.7 Å². The second-order valence-corrected chi connectivity index (χ2v) is 6.94. The molecular formula is C21H14ClN3O3. The molecule has 2 aromatic heterocycles. The van der Waals surface area contributed by atoms with Gasteiger partial charge < -0.3 is 14.9 Å². The third kappa shape index (κ3) is 2.66. The number of rotatable bonds is 2. The number of nitrogens with two attached hydrogens (primary N) is 1. The first kappa shape index (κ1) is 16.6. The van der Waals surface area contributed by atoms with Crippen molar-refractivity contribution in [2.24, 2.45) is 0 Å². The number of hydrogen-bond acceptors (Lipinski definition) is 5. The number of ether oxygens (including phenoxy) is 1.